The van der Waals surface area contributed by atoms with Gasteiger partial charge in [-0.05, 0) is 78.5 Å². The van der Waals surface area contributed by atoms with Crippen molar-refractivity contribution in [3.05, 3.63) is 46.5 Å². The van der Waals surface area contributed by atoms with Crippen LogP contribution in [-0.2, 0) is 12.8 Å². The van der Waals surface area contributed by atoms with Crippen LogP contribution < -0.4 is 4.90 Å². The quantitative estimate of drug-likeness (QED) is 0.719. The van der Waals surface area contributed by atoms with Crippen molar-refractivity contribution in [1.82, 2.24) is 0 Å². The normalized spacial score (nSPS) is 18.4. The minimum Gasteiger partial charge on any atom is -0.372 e. The van der Waals surface area contributed by atoms with Gasteiger partial charge in [0, 0.05) is 18.8 Å². The van der Waals surface area contributed by atoms with Crippen molar-refractivity contribution in [3.8, 4) is 0 Å². The summed E-state index contributed by atoms with van der Waals surface area (Å²) in [7, 11) is 0. The largest absolute Gasteiger partial charge is 0.372 e. The Morgan fingerprint density at radius 2 is 1.82 bits per heavy atom. The molecule has 118 valence electrons. The van der Waals surface area contributed by atoms with E-state index in [1.54, 1.807) is 11.1 Å². The molecule has 22 heavy (non-hydrogen) atoms. The Hall–Kier alpha value is -1.50. The molecular formula is C21H29N. The van der Waals surface area contributed by atoms with Crippen LogP contribution in [0, 0.1) is 5.41 Å². The smallest absolute Gasteiger partial charge is 0.0401 e. The van der Waals surface area contributed by atoms with E-state index in [-0.39, 0.29) is 0 Å². The first-order valence-electron chi connectivity index (χ1n) is 8.81. The molecule has 0 fully saturated rings. The summed E-state index contributed by atoms with van der Waals surface area (Å²) >= 11 is 0. The molecule has 1 heteroatoms. The molecule has 1 nitrogen and oxygen atoms in total. The Labute approximate surface area is 135 Å². The first-order chi connectivity index (χ1) is 10.5. The van der Waals surface area contributed by atoms with E-state index in [1.165, 1.54) is 28.8 Å². The second kappa shape index (κ2) is 5.61. The van der Waals surface area contributed by atoms with Gasteiger partial charge >= 0.3 is 0 Å². The van der Waals surface area contributed by atoms with Gasteiger partial charge < -0.3 is 4.90 Å². The lowest BCUT2D eigenvalue weighted by molar-refractivity contribution is 0.491. The van der Waals surface area contributed by atoms with Gasteiger partial charge in [-0.15, -0.1) is 0 Å². The van der Waals surface area contributed by atoms with Crippen molar-refractivity contribution >= 4 is 11.3 Å². The van der Waals surface area contributed by atoms with Crippen LogP contribution in [0.25, 0.3) is 5.57 Å². The van der Waals surface area contributed by atoms with Crippen LogP contribution in [-0.4, -0.2) is 13.1 Å². The third-order valence-corrected chi connectivity index (χ3v) is 5.25. The van der Waals surface area contributed by atoms with E-state index in [0.717, 1.165) is 25.9 Å². The molecule has 3 rings (SSSR count). The number of nitrogens with zero attached hydrogens (tertiary/aromatic N) is 1. The number of benzene rings is 1. The van der Waals surface area contributed by atoms with Gasteiger partial charge in [0.15, 0.2) is 0 Å². The molecule has 0 heterocycles. The number of allylic oxidation sites excluding steroid dienone is 4. The predicted octanol–water partition coefficient (Wildman–Crippen LogP) is 5.39. The molecule has 0 aromatic heterocycles. The summed E-state index contributed by atoms with van der Waals surface area (Å²) in [5.41, 5.74) is 9.46. The number of aryl methyl sites for hydroxylation is 1. The SMILES string of the molecule is CCc1cc2c(cc1N(CC)CC)CC1=C2CC(C)(C)C=C1. The third kappa shape index (κ3) is 2.51. The van der Waals surface area contributed by atoms with Crippen molar-refractivity contribution < 1.29 is 0 Å². The first-order valence-corrected chi connectivity index (χ1v) is 8.81. The molecule has 0 amide bonds. The summed E-state index contributed by atoms with van der Waals surface area (Å²) in [5, 5.41) is 0. The van der Waals surface area contributed by atoms with E-state index in [4.69, 9.17) is 0 Å². The van der Waals surface area contributed by atoms with E-state index in [1.807, 2.05) is 0 Å². The monoisotopic (exact) mass is 295 g/mol. The Kier molecular flexibility index (Phi) is 3.92. The molecule has 0 radical (unpaired) electrons. The number of hydrogen-bond donors (Lipinski definition) is 0. The van der Waals surface area contributed by atoms with Crippen molar-refractivity contribution in [2.45, 2.75) is 53.9 Å². The second-order valence-electron chi connectivity index (χ2n) is 7.34. The van der Waals surface area contributed by atoms with Gasteiger partial charge in [-0.2, -0.15) is 0 Å². The zero-order valence-electron chi connectivity index (χ0n) is 14.8. The summed E-state index contributed by atoms with van der Waals surface area (Å²) in [4.78, 5) is 2.50. The van der Waals surface area contributed by atoms with Gasteiger partial charge in [-0.3, -0.25) is 0 Å². The number of anilines is 1. The lowest BCUT2D eigenvalue weighted by Crippen LogP contribution is -2.23. The summed E-state index contributed by atoms with van der Waals surface area (Å²) in [6, 6.07) is 4.96. The van der Waals surface area contributed by atoms with Crippen LogP contribution in [0.2, 0.25) is 0 Å². The minimum absolute atomic E-state index is 0.296. The highest BCUT2D eigenvalue weighted by molar-refractivity contribution is 5.82. The maximum absolute atomic E-state index is 2.50. The Balaban J connectivity index is 2.06. The lowest BCUT2D eigenvalue weighted by Gasteiger charge is -2.27. The molecule has 1 aromatic rings. The van der Waals surface area contributed by atoms with Gasteiger partial charge in [-0.25, -0.2) is 0 Å². The average Bonchev–Trinajstić information content (AvgIpc) is 2.83. The first kappa shape index (κ1) is 15.4. The van der Waals surface area contributed by atoms with Crippen molar-refractivity contribution in [1.29, 1.82) is 0 Å². The fourth-order valence-corrected chi connectivity index (χ4v) is 3.94. The van der Waals surface area contributed by atoms with Crippen LogP contribution >= 0.6 is 0 Å². The van der Waals surface area contributed by atoms with Crippen molar-refractivity contribution in [2.75, 3.05) is 18.0 Å². The van der Waals surface area contributed by atoms with Gasteiger partial charge in [0.2, 0.25) is 0 Å². The fourth-order valence-electron chi connectivity index (χ4n) is 3.94. The third-order valence-electron chi connectivity index (χ3n) is 5.25. The summed E-state index contributed by atoms with van der Waals surface area (Å²) < 4.78 is 0. The van der Waals surface area contributed by atoms with E-state index in [2.05, 4.69) is 63.8 Å². The highest BCUT2D eigenvalue weighted by atomic mass is 15.1. The van der Waals surface area contributed by atoms with Gasteiger partial charge in [0.25, 0.3) is 0 Å². The van der Waals surface area contributed by atoms with E-state index in [9.17, 15) is 0 Å². The van der Waals surface area contributed by atoms with Gasteiger partial charge in [-0.1, -0.05) is 32.9 Å². The predicted molar refractivity (Wildman–Crippen MR) is 97.5 cm³/mol. The fraction of sp³-hybridized carbons (Fsp3) is 0.524. The van der Waals surface area contributed by atoms with Gasteiger partial charge in [0.05, 0.1) is 0 Å². The van der Waals surface area contributed by atoms with Crippen LogP contribution in [0.4, 0.5) is 5.69 Å². The Morgan fingerprint density at radius 1 is 1.09 bits per heavy atom. The van der Waals surface area contributed by atoms with E-state index >= 15 is 0 Å². The average molecular weight is 295 g/mol. The molecule has 2 aliphatic rings. The Bertz CT molecular complexity index is 642. The Morgan fingerprint density at radius 3 is 2.45 bits per heavy atom. The molecule has 0 saturated heterocycles. The molecule has 1 aromatic carbocycles. The van der Waals surface area contributed by atoms with Crippen LogP contribution in [0.1, 0.15) is 57.7 Å². The molecule has 0 saturated carbocycles. The highest BCUT2D eigenvalue weighted by Gasteiger charge is 2.29. The minimum atomic E-state index is 0.296. The highest BCUT2D eigenvalue weighted by Crippen LogP contribution is 2.46. The molecule has 0 unspecified atom stereocenters. The number of hydrogen-bond acceptors (Lipinski definition) is 1. The zero-order valence-corrected chi connectivity index (χ0v) is 14.8. The molecule has 0 aliphatic heterocycles. The molecule has 0 spiro atoms. The van der Waals surface area contributed by atoms with Crippen molar-refractivity contribution in [3.63, 3.8) is 0 Å². The lowest BCUT2D eigenvalue weighted by atomic mass is 9.79. The number of rotatable bonds is 4. The molecule has 2 aliphatic carbocycles. The summed E-state index contributed by atoms with van der Waals surface area (Å²) in [6.45, 7) is 13.6. The molecule has 0 atom stereocenters. The number of fused-ring (bicyclic) bond motifs is 2. The molecule has 0 bridgehead atoms. The zero-order chi connectivity index (χ0) is 15.9. The second-order valence-corrected chi connectivity index (χ2v) is 7.34. The van der Waals surface area contributed by atoms with E-state index in [0.29, 0.717) is 5.41 Å². The standard InChI is InChI=1S/C21H29N/c1-6-15-12-18-17(13-20(15)22(7-2)8-3)11-16-9-10-21(4,5)14-19(16)18/h9-10,12-13H,6-8,11,14H2,1-5H3. The van der Waals surface area contributed by atoms with Crippen LogP contribution in [0.15, 0.2) is 29.9 Å². The maximum Gasteiger partial charge on any atom is 0.0401 e. The summed E-state index contributed by atoms with van der Waals surface area (Å²) in [6.07, 6.45) is 8.18. The van der Waals surface area contributed by atoms with E-state index < -0.39 is 0 Å². The van der Waals surface area contributed by atoms with Crippen LogP contribution in [0.3, 0.4) is 0 Å². The van der Waals surface area contributed by atoms with Crippen LogP contribution in [0.5, 0.6) is 0 Å². The summed E-state index contributed by atoms with van der Waals surface area (Å²) in [5.74, 6) is 0. The molecular weight excluding hydrogens is 266 g/mol. The maximum atomic E-state index is 2.50. The molecule has 0 N–H and O–H groups in total. The topological polar surface area (TPSA) is 3.24 Å². The van der Waals surface area contributed by atoms with Crippen molar-refractivity contribution in [2.24, 2.45) is 5.41 Å². The van der Waals surface area contributed by atoms with Gasteiger partial charge in [0.1, 0.15) is 0 Å².